The molecular formula is C19H36N6O. The molecule has 26 heavy (non-hydrogen) atoms. The van der Waals surface area contributed by atoms with E-state index in [-0.39, 0.29) is 0 Å². The molecule has 7 nitrogen and oxygen atoms in total. The molecule has 2 rings (SSSR count). The number of aromatic nitrogens is 2. The molecule has 7 heteroatoms. The lowest BCUT2D eigenvalue weighted by Crippen LogP contribution is -2.49. The van der Waals surface area contributed by atoms with Crippen molar-refractivity contribution in [1.82, 2.24) is 25.1 Å². The number of nitrogens with zero attached hydrogens (tertiary/aromatic N) is 4. The maximum Gasteiger partial charge on any atom is 0.191 e. The molecule has 148 valence electrons. The lowest BCUT2D eigenvalue weighted by Gasteiger charge is -2.38. The summed E-state index contributed by atoms with van der Waals surface area (Å²) >= 11 is 0. The number of aliphatic imine (C=N–C) groups is 1. The van der Waals surface area contributed by atoms with Crippen molar-refractivity contribution in [2.45, 2.75) is 46.2 Å². The highest BCUT2D eigenvalue weighted by molar-refractivity contribution is 5.79. The van der Waals surface area contributed by atoms with Crippen LogP contribution in [0.25, 0.3) is 0 Å². The molecule has 1 fully saturated rings. The summed E-state index contributed by atoms with van der Waals surface area (Å²) in [5, 5.41) is 6.81. The molecular weight excluding hydrogens is 328 g/mol. The summed E-state index contributed by atoms with van der Waals surface area (Å²) < 4.78 is 7.61. The number of rotatable bonds is 10. The van der Waals surface area contributed by atoms with E-state index in [1.54, 1.807) is 0 Å². The van der Waals surface area contributed by atoms with Crippen LogP contribution in [0, 0.1) is 5.92 Å². The van der Waals surface area contributed by atoms with Crippen molar-refractivity contribution in [3.63, 3.8) is 0 Å². The van der Waals surface area contributed by atoms with Gasteiger partial charge in [0, 0.05) is 51.2 Å². The van der Waals surface area contributed by atoms with Gasteiger partial charge in [0.2, 0.25) is 0 Å². The number of hydrogen-bond acceptors (Lipinski definition) is 4. The van der Waals surface area contributed by atoms with Crippen molar-refractivity contribution < 1.29 is 4.74 Å². The molecule has 0 aliphatic carbocycles. The predicted octanol–water partition coefficient (Wildman–Crippen LogP) is 1.58. The Kier molecular flexibility index (Phi) is 9.48. The van der Waals surface area contributed by atoms with Gasteiger partial charge in [0.05, 0.1) is 26.1 Å². The van der Waals surface area contributed by atoms with Crippen molar-refractivity contribution >= 4 is 5.96 Å². The van der Waals surface area contributed by atoms with Gasteiger partial charge in [-0.25, -0.2) is 4.98 Å². The van der Waals surface area contributed by atoms with Crippen LogP contribution in [-0.2, 0) is 11.3 Å². The van der Waals surface area contributed by atoms with Gasteiger partial charge in [0.1, 0.15) is 0 Å². The van der Waals surface area contributed by atoms with Crippen LogP contribution in [0.1, 0.15) is 33.6 Å². The van der Waals surface area contributed by atoms with Gasteiger partial charge in [0.25, 0.3) is 0 Å². The average molecular weight is 365 g/mol. The number of hydrogen-bond donors (Lipinski definition) is 2. The fraction of sp³-hybridized carbons (Fsp3) is 0.789. The van der Waals surface area contributed by atoms with E-state index in [0.29, 0.717) is 12.0 Å². The number of guanidine groups is 1. The van der Waals surface area contributed by atoms with Crippen molar-refractivity contribution in [2.75, 3.05) is 45.9 Å². The zero-order valence-electron chi connectivity index (χ0n) is 16.7. The van der Waals surface area contributed by atoms with Crippen LogP contribution in [0.5, 0.6) is 0 Å². The van der Waals surface area contributed by atoms with Crippen molar-refractivity contribution in [3.8, 4) is 0 Å². The monoisotopic (exact) mass is 364 g/mol. The van der Waals surface area contributed by atoms with E-state index in [0.717, 1.165) is 58.4 Å². The van der Waals surface area contributed by atoms with Crippen molar-refractivity contribution in [1.29, 1.82) is 0 Å². The second-order valence-corrected chi connectivity index (χ2v) is 6.74. The first-order valence-corrected chi connectivity index (χ1v) is 10.1. The fourth-order valence-electron chi connectivity index (χ4n) is 3.55. The number of imidazole rings is 1. The molecule has 0 aromatic carbocycles. The van der Waals surface area contributed by atoms with E-state index in [2.05, 4.69) is 45.9 Å². The molecule has 0 spiro atoms. The number of morpholine rings is 1. The third kappa shape index (κ3) is 6.61. The number of ether oxygens (including phenoxy) is 1. The zero-order chi connectivity index (χ0) is 18.6. The van der Waals surface area contributed by atoms with Crippen LogP contribution in [-0.4, -0.2) is 72.4 Å². The second kappa shape index (κ2) is 11.9. The zero-order valence-corrected chi connectivity index (χ0v) is 16.7. The largest absolute Gasteiger partial charge is 0.379 e. The molecule has 1 aliphatic heterocycles. The molecule has 0 bridgehead atoms. The van der Waals surface area contributed by atoms with E-state index in [9.17, 15) is 0 Å². The molecule has 1 aromatic heterocycles. The van der Waals surface area contributed by atoms with Gasteiger partial charge in [-0.3, -0.25) is 9.89 Å². The van der Waals surface area contributed by atoms with Gasteiger partial charge in [0.15, 0.2) is 5.96 Å². The van der Waals surface area contributed by atoms with Gasteiger partial charge in [-0.1, -0.05) is 26.7 Å². The summed E-state index contributed by atoms with van der Waals surface area (Å²) in [6.07, 6.45) is 8.01. The third-order valence-corrected chi connectivity index (χ3v) is 5.11. The Bertz CT molecular complexity index is 494. The van der Waals surface area contributed by atoms with E-state index >= 15 is 0 Å². The summed E-state index contributed by atoms with van der Waals surface area (Å²) in [5.74, 6) is 1.57. The SMILES string of the molecule is CCNC(=NCC(C(CC)CC)N1CCOCC1)NCCn1ccnc1. The van der Waals surface area contributed by atoms with Crippen LogP contribution >= 0.6 is 0 Å². The van der Waals surface area contributed by atoms with Crippen molar-refractivity contribution in [2.24, 2.45) is 10.9 Å². The molecule has 2 heterocycles. The van der Waals surface area contributed by atoms with Crippen LogP contribution in [0.2, 0.25) is 0 Å². The summed E-state index contributed by atoms with van der Waals surface area (Å²) in [4.78, 5) is 11.6. The lowest BCUT2D eigenvalue weighted by atomic mass is 9.92. The summed E-state index contributed by atoms with van der Waals surface area (Å²) in [7, 11) is 0. The smallest absolute Gasteiger partial charge is 0.191 e. The molecule has 2 N–H and O–H groups in total. The molecule has 0 saturated carbocycles. The minimum atomic E-state index is 0.484. The van der Waals surface area contributed by atoms with Gasteiger partial charge in [-0.2, -0.15) is 0 Å². The minimum Gasteiger partial charge on any atom is -0.379 e. The van der Waals surface area contributed by atoms with Crippen LogP contribution in [0.15, 0.2) is 23.7 Å². The first-order valence-electron chi connectivity index (χ1n) is 10.1. The lowest BCUT2D eigenvalue weighted by molar-refractivity contribution is 0.00395. The predicted molar refractivity (Wildman–Crippen MR) is 106 cm³/mol. The normalized spacial score (nSPS) is 17.5. The summed E-state index contributed by atoms with van der Waals surface area (Å²) in [5.41, 5.74) is 0. The highest BCUT2D eigenvalue weighted by Crippen LogP contribution is 2.20. The van der Waals surface area contributed by atoms with Gasteiger partial charge >= 0.3 is 0 Å². The fourth-order valence-corrected chi connectivity index (χ4v) is 3.55. The Labute approximate surface area is 158 Å². The van der Waals surface area contributed by atoms with Crippen molar-refractivity contribution in [3.05, 3.63) is 18.7 Å². The van der Waals surface area contributed by atoms with E-state index < -0.39 is 0 Å². The highest BCUT2D eigenvalue weighted by atomic mass is 16.5. The van der Waals surface area contributed by atoms with E-state index in [1.165, 1.54) is 12.8 Å². The molecule has 1 saturated heterocycles. The molecule has 1 unspecified atom stereocenters. The minimum absolute atomic E-state index is 0.484. The van der Waals surface area contributed by atoms with E-state index in [1.807, 2.05) is 18.7 Å². The summed E-state index contributed by atoms with van der Waals surface area (Å²) in [6.45, 7) is 13.8. The average Bonchev–Trinajstić information content (AvgIpc) is 3.19. The number of nitrogens with one attached hydrogen (secondary N) is 2. The highest BCUT2D eigenvalue weighted by Gasteiger charge is 2.26. The van der Waals surface area contributed by atoms with Crippen LogP contribution in [0.3, 0.4) is 0 Å². The van der Waals surface area contributed by atoms with Gasteiger partial charge in [-0.15, -0.1) is 0 Å². The molecule has 0 radical (unpaired) electrons. The molecule has 1 aliphatic rings. The molecule has 0 amide bonds. The maximum atomic E-state index is 5.54. The second-order valence-electron chi connectivity index (χ2n) is 6.74. The first-order chi connectivity index (χ1) is 12.8. The third-order valence-electron chi connectivity index (χ3n) is 5.11. The Hall–Kier alpha value is -1.60. The van der Waals surface area contributed by atoms with E-state index in [4.69, 9.17) is 9.73 Å². The van der Waals surface area contributed by atoms with Gasteiger partial charge in [-0.05, 0) is 12.8 Å². The topological polar surface area (TPSA) is 66.7 Å². The quantitative estimate of drug-likeness (QED) is 0.487. The Morgan fingerprint density at radius 3 is 2.58 bits per heavy atom. The Morgan fingerprint density at radius 2 is 1.96 bits per heavy atom. The molecule has 1 aromatic rings. The van der Waals surface area contributed by atoms with Gasteiger partial charge < -0.3 is 19.9 Å². The Morgan fingerprint density at radius 1 is 1.19 bits per heavy atom. The first kappa shape index (κ1) is 20.7. The maximum absolute atomic E-state index is 5.54. The van der Waals surface area contributed by atoms with Crippen LogP contribution in [0.4, 0.5) is 0 Å². The standard InChI is InChI=1S/C19H36N6O/c1-4-17(5-2)18(25-11-13-26-14-12-25)15-23-19(21-6-3)22-8-10-24-9-7-20-16-24/h7,9,16-18H,4-6,8,10-15H2,1-3H3,(H2,21,22,23). The summed E-state index contributed by atoms with van der Waals surface area (Å²) in [6, 6.07) is 0.484. The molecule has 1 atom stereocenters. The Balaban J connectivity index is 1.94. The van der Waals surface area contributed by atoms with Crippen LogP contribution < -0.4 is 10.6 Å².